The number of piperazine rings is 1. The summed E-state index contributed by atoms with van der Waals surface area (Å²) in [6.45, 7) is 8.09. The van der Waals surface area contributed by atoms with Gasteiger partial charge in [0.15, 0.2) is 0 Å². The van der Waals surface area contributed by atoms with Gasteiger partial charge < -0.3 is 20.3 Å². The molecule has 1 aliphatic heterocycles. The number of carbonyl (C=O) groups is 2. The molecule has 1 atom stereocenters. The monoisotopic (exact) mass is 500 g/mol. The van der Waals surface area contributed by atoms with Crippen molar-refractivity contribution in [3.63, 3.8) is 0 Å². The number of benzene rings is 2. The summed E-state index contributed by atoms with van der Waals surface area (Å²) in [6.07, 6.45) is 1.82. The van der Waals surface area contributed by atoms with Crippen LogP contribution in [0.3, 0.4) is 0 Å². The SMILES string of the molecule is CC(=O)NCc1ccc(C)nc1Oc1ccc(C)cc1CCC(=O)N1CCNCC1Cc1ccccc1. The predicted molar refractivity (Wildman–Crippen MR) is 145 cm³/mol. The van der Waals surface area contributed by atoms with Crippen molar-refractivity contribution in [2.45, 2.75) is 52.6 Å². The molecule has 1 aliphatic rings. The van der Waals surface area contributed by atoms with E-state index in [1.807, 2.05) is 61.2 Å². The topological polar surface area (TPSA) is 83.6 Å². The Morgan fingerprint density at radius 2 is 1.89 bits per heavy atom. The van der Waals surface area contributed by atoms with E-state index in [-0.39, 0.29) is 17.9 Å². The van der Waals surface area contributed by atoms with Gasteiger partial charge in [-0.25, -0.2) is 4.98 Å². The van der Waals surface area contributed by atoms with Crippen LogP contribution in [-0.4, -0.2) is 47.4 Å². The summed E-state index contributed by atoms with van der Waals surface area (Å²) in [6, 6.07) is 20.3. The molecular formula is C30H36N4O3. The van der Waals surface area contributed by atoms with Crippen LogP contribution in [-0.2, 0) is 29.0 Å². The van der Waals surface area contributed by atoms with Crippen molar-refractivity contribution in [1.29, 1.82) is 0 Å². The lowest BCUT2D eigenvalue weighted by Gasteiger charge is -2.36. The fourth-order valence-electron chi connectivity index (χ4n) is 4.65. The summed E-state index contributed by atoms with van der Waals surface area (Å²) < 4.78 is 6.29. The Balaban J connectivity index is 1.47. The summed E-state index contributed by atoms with van der Waals surface area (Å²) in [7, 11) is 0. The lowest BCUT2D eigenvalue weighted by Crippen LogP contribution is -2.54. The summed E-state index contributed by atoms with van der Waals surface area (Å²) in [4.78, 5) is 31.4. The molecule has 1 saturated heterocycles. The number of hydrogen-bond acceptors (Lipinski definition) is 5. The van der Waals surface area contributed by atoms with Crippen LogP contribution in [0.15, 0.2) is 60.7 Å². The number of nitrogens with one attached hydrogen (secondary N) is 2. The first-order valence-corrected chi connectivity index (χ1v) is 12.9. The largest absolute Gasteiger partial charge is 0.438 e. The molecule has 37 heavy (non-hydrogen) atoms. The number of aromatic nitrogens is 1. The minimum absolute atomic E-state index is 0.112. The summed E-state index contributed by atoms with van der Waals surface area (Å²) in [5.74, 6) is 1.20. The molecule has 2 heterocycles. The van der Waals surface area contributed by atoms with Gasteiger partial charge in [-0.05, 0) is 49.9 Å². The van der Waals surface area contributed by atoms with Crippen LogP contribution in [0.1, 0.15) is 41.3 Å². The number of nitrogens with zero attached hydrogens (tertiary/aromatic N) is 2. The van der Waals surface area contributed by atoms with Gasteiger partial charge in [-0.15, -0.1) is 0 Å². The number of rotatable bonds is 9. The molecule has 0 spiro atoms. The molecule has 1 aromatic heterocycles. The third-order valence-corrected chi connectivity index (χ3v) is 6.62. The molecule has 0 bridgehead atoms. The zero-order valence-electron chi connectivity index (χ0n) is 21.9. The van der Waals surface area contributed by atoms with E-state index in [0.29, 0.717) is 37.6 Å². The number of hydrogen-bond donors (Lipinski definition) is 2. The second-order valence-electron chi connectivity index (χ2n) is 9.67. The van der Waals surface area contributed by atoms with Crippen LogP contribution in [0, 0.1) is 13.8 Å². The van der Waals surface area contributed by atoms with Gasteiger partial charge in [0.2, 0.25) is 17.7 Å². The quantitative estimate of drug-likeness (QED) is 0.462. The van der Waals surface area contributed by atoms with E-state index in [2.05, 4.69) is 33.8 Å². The third kappa shape index (κ3) is 7.40. The van der Waals surface area contributed by atoms with Crippen molar-refractivity contribution in [1.82, 2.24) is 20.5 Å². The Bertz CT molecular complexity index is 1230. The number of aryl methyl sites for hydroxylation is 3. The number of pyridine rings is 1. The Morgan fingerprint density at radius 3 is 2.68 bits per heavy atom. The maximum absolute atomic E-state index is 13.4. The average molecular weight is 501 g/mol. The Morgan fingerprint density at radius 1 is 1.08 bits per heavy atom. The van der Waals surface area contributed by atoms with Gasteiger partial charge in [0, 0.05) is 56.8 Å². The summed E-state index contributed by atoms with van der Waals surface area (Å²) >= 11 is 0. The molecular weight excluding hydrogens is 464 g/mol. The Hall–Kier alpha value is -3.71. The highest BCUT2D eigenvalue weighted by Gasteiger charge is 2.26. The lowest BCUT2D eigenvalue weighted by molar-refractivity contribution is -0.134. The molecule has 1 fully saturated rings. The van der Waals surface area contributed by atoms with Crippen molar-refractivity contribution in [2.75, 3.05) is 19.6 Å². The van der Waals surface area contributed by atoms with E-state index in [1.54, 1.807) is 0 Å². The molecule has 2 N–H and O–H groups in total. The molecule has 0 aliphatic carbocycles. The molecule has 7 heteroatoms. The molecule has 4 rings (SSSR count). The first-order chi connectivity index (χ1) is 17.9. The van der Waals surface area contributed by atoms with Crippen LogP contribution in [0.4, 0.5) is 0 Å². The average Bonchev–Trinajstić information content (AvgIpc) is 2.89. The highest BCUT2D eigenvalue weighted by molar-refractivity contribution is 5.77. The van der Waals surface area contributed by atoms with E-state index in [1.165, 1.54) is 12.5 Å². The van der Waals surface area contributed by atoms with Crippen molar-refractivity contribution in [3.05, 3.63) is 88.6 Å². The van der Waals surface area contributed by atoms with Gasteiger partial charge in [-0.2, -0.15) is 0 Å². The van der Waals surface area contributed by atoms with Gasteiger partial charge >= 0.3 is 0 Å². The van der Waals surface area contributed by atoms with Gasteiger partial charge in [-0.1, -0.05) is 54.1 Å². The van der Waals surface area contributed by atoms with Crippen molar-refractivity contribution in [3.8, 4) is 11.6 Å². The van der Waals surface area contributed by atoms with Gasteiger partial charge in [-0.3, -0.25) is 9.59 Å². The second-order valence-corrected chi connectivity index (χ2v) is 9.67. The fraction of sp³-hybridized carbons (Fsp3) is 0.367. The van der Waals surface area contributed by atoms with E-state index in [9.17, 15) is 9.59 Å². The summed E-state index contributed by atoms with van der Waals surface area (Å²) in [5, 5.41) is 6.25. The standard InChI is InChI=1S/C30H36N4O3/c1-21-9-13-28(37-30-26(19-32-23(3)35)11-10-22(2)33-30)25(17-21)12-14-29(36)34-16-15-31-20-27(34)18-24-7-5-4-6-8-24/h4-11,13,17,27,31H,12,14-16,18-20H2,1-3H3,(H,32,35). The fourth-order valence-corrected chi connectivity index (χ4v) is 4.65. The van der Waals surface area contributed by atoms with E-state index < -0.39 is 0 Å². The molecule has 2 amide bonds. The molecule has 0 radical (unpaired) electrons. The van der Waals surface area contributed by atoms with E-state index in [4.69, 9.17) is 4.74 Å². The molecule has 194 valence electrons. The zero-order valence-corrected chi connectivity index (χ0v) is 21.9. The van der Waals surface area contributed by atoms with E-state index in [0.717, 1.165) is 41.9 Å². The molecule has 3 aromatic rings. The molecule has 1 unspecified atom stereocenters. The Kier molecular flexibility index (Phi) is 8.90. The van der Waals surface area contributed by atoms with Crippen LogP contribution in [0.5, 0.6) is 11.6 Å². The first-order valence-electron chi connectivity index (χ1n) is 12.9. The lowest BCUT2D eigenvalue weighted by atomic mass is 10.0. The van der Waals surface area contributed by atoms with Gasteiger partial charge in [0.05, 0.1) is 0 Å². The van der Waals surface area contributed by atoms with Crippen LogP contribution >= 0.6 is 0 Å². The second kappa shape index (κ2) is 12.5. The number of ether oxygens (including phenoxy) is 1. The smallest absolute Gasteiger partial charge is 0.224 e. The minimum Gasteiger partial charge on any atom is -0.438 e. The molecule has 0 saturated carbocycles. The molecule has 7 nitrogen and oxygen atoms in total. The molecule has 2 aromatic carbocycles. The minimum atomic E-state index is -0.112. The maximum Gasteiger partial charge on any atom is 0.224 e. The highest BCUT2D eigenvalue weighted by atomic mass is 16.5. The maximum atomic E-state index is 13.4. The highest BCUT2D eigenvalue weighted by Crippen LogP contribution is 2.29. The normalized spacial score (nSPS) is 15.3. The van der Waals surface area contributed by atoms with Crippen molar-refractivity contribution in [2.24, 2.45) is 0 Å². The zero-order chi connectivity index (χ0) is 26.2. The van der Waals surface area contributed by atoms with Crippen LogP contribution in [0.2, 0.25) is 0 Å². The first kappa shape index (κ1) is 26.4. The number of carbonyl (C=O) groups excluding carboxylic acids is 2. The predicted octanol–water partition coefficient (Wildman–Crippen LogP) is 4.10. The summed E-state index contributed by atoms with van der Waals surface area (Å²) in [5.41, 5.74) is 4.94. The number of amides is 2. The van der Waals surface area contributed by atoms with Crippen molar-refractivity contribution < 1.29 is 14.3 Å². The van der Waals surface area contributed by atoms with Crippen LogP contribution < -0.4 is 15.4 Å². The third-order valence-electron chi connectivity index (χ3n) is 6.62. The Labute approximate surface area is 219 Å². The van der Waals surface area contributed by atoms with E-state index >= 15 is 0 Å². The van der Waals surface area contributed by atoms with Crippen molar-refractivity contribution >= 4 is 11.8 Å². The van der Waals surface area contributed by atoms with Gasteiger partial charge in [0.25, 0.3) is 0 Å². The van der Waals surface area contributed by atoms with Crippen LogP contribution in [0.25, 0.3) is 0 Å². The van der Waals surface area contributed by atoms with Gasteiger partial charge in [0.1, 0.15) is 5.75 Å².